The van der Waals surface area contributed by atoms with Crippen molar-refractivity contribution in [1.82, 2.24) is 9.97 Å². The highest BCUT2D eigenvalue weighted by Crippen LogP contribution is 2.19. The Morgan fingerprint density at radius 3 is 2.50 bits per heavy atom. The normalized spacial score (nSPS) is 10.0. The minimum atomic E-state index is -0.369. The molecular weight excluding hydrogens is 326 g/mol. The highest BCUT2D eigenvalue weighted by molar-refractivity contribution is 6.03. The molecule has 0 aliphatic rings. The molecule has 26 heavy (non-hydrogen) atoms. The van der Waals surface area contributed by atoms with Gasteiger partial charge in [-0.2, -0.15) is 5.26 Å². The van der Waals surface area contributed by atoms with Crippen molar-refractivity contribution in [2.45, 2.75) is 13.8 Å². The number of nitrogens with zero attached hydrogens (tertiary/aromatic N) is 3. The maximum absolute atomic E-state index is 12.4. The van der Waals surface area contributed by atoms with Gasteiger partial charge in [0.2, 0.25) is 0 Å². The number of hydrogen-bond acceptors (Lipinski definition) is 5. The summed E-state index contributed by atoms with van der Waals surface area (Å²) in [6.07, 6.45) is 1.34. The molecule has 1 heterocycles. The summed E-state index contributed by atoms with van der Waals surface area (Å²) in [7, 11) is 0. The third-order valence-corrected chi connectivity index (χ3v) is 3.64. The van der Waals surface area contributed by atoms with E-state index < -0.39 is 0 Å². The largest absolute Gasteiger partial charge is 0.340 e. The standard InChI is InChI=1S/C20H17N5O/c1-13-6-14(2)8-17(7-13)24-19-10-18(22-12-23-19)20(26)25-16-5-3-4-15(9-16)11-21/h3-10,12H,1-2H3,(H,25,26)(H,22,23,24). The van der Waals surface area contributed by atoms with Crippen molar-refractivity contribution in [3.05, 3.63) is 77.2 Å². The average Bonchev–Trinajstić information content (AvgIpc) is 2.61. The van der Waals surface area contributed by atoms with E-state index in [0.717, 1.165) is 16.8 Å². The number of amides is 1. The van der Waals surface area contributed by atoms with Gasteiger partial charge in [-0.25, -0.2) is 9.97 Å². The van der Waals surface area contributed by atoms with E-state index in [-0.39, 0.29) is 11.6 Å². The molecule has 0 saturated carbocycles. The van der Waals surface area contributed by atoms with E-state index in [1.807, 2.05) is 32.0 Å². The second-order valence-electron chi connectivity index (χ2n) is 5.94. The molecule has 128 valence electrons. The summed E-state index contributed by atoms with van der Waals surface area (Å²) >= 11 is 0. The summed E-state index contributed by atoms with van der Waals surface area (Å²) in [5.74, 6) is 0.159. The van der Waals surface area contributed by atoms with Crippen LogP contribution in [0.3, 0.4) is 0 Å². The second kappa shape index (κ2) is 7.45. The number of aromatic nitrogens is 2. The summed E-state index contributed by atoms with van der Waals surface area (Å²) in [6, 6.07) is 16.4. The topological polar surface area (TPSA) is 90.7 Å². The van der Waals surface area contributed by atoms with E-state index in [4.69, 9.17) is 5.26 Å². The molecule has 2 N–H and O–H groups in total. The summed E-state index contributed by atoms with van der Waals surface area (Å²) in [4.78, 5) is 20.6. The van der Waals surface area contributed by atoms with Crippen LogP contribution in [0.4, 0.5) is 17.2 Å². The molecule has 2 aromatic carbocycles. The minimum absolute atomic E-state index is 0.231. The van der Waals surface area contributed by atoms with Gasteiger partial charge in [-0.1, -0.05) is 12.1 Å². The summed E-state index contributed by atoms with van der Waals surface area (Å²) in [5.41, 5.74) is 4.41. The Morgan fingerprint density at radius 1 is 1.00 bits per heavy atom. The van der Waals surface area contributed by atoms with E-state index >= 15 is 0 Å². The molecule has 6 heteroatoms. The van der Waals surface area contributed by atoms with Gasteiger partial charge in [0.15, 0.2) is 0 Å². The Hall–Kier alpha value is -3.72. The third kappa shape index (κ3) is 4.22. The Morgan fingerprint density at radius 2 is 1.77 bits per heavy atom. The number of nitrogens with one attached hydrogen (secondary N) is 2. The lowest BCUT2D eigenvalue weighted by atomic mass is 10.1. The zero-order chi connectivity index (χ0) is 18.5. The second-order valence-corrected chi connectivity index (χ2v) is 5.94. The van der Waals surface area contributed by atoms with Gasteiger partial charge in [-0.05, 0) is 55.3 Å². The van der Waals surface area contributed by atoms with Gasteiger partial charge in [-0.15, -0.1) is 0 Å². The predicted octanol–water partition coefficient (Wildman–Crippen LogP) is 3.96. The van der Waals surface area contributed by atoms with Gasteiger partial charge in [0, 0.05) is 17.4 Å². The molecule has 0 unspecified atom stereocenters. The van der Waals surface area contributed by atoms with Gasteiger partial charge in [0.25, 0.3) is 5.91 Å². The molecule has 3 aromatic rings. The van der Waals surface area contributed by atoms with Crippen LogP contribution >= 0.6 is 0 Å². The molecule has 3 rings (SSSR count). The molecular formula is C20H17N5O. The Kier molecular flexibility index (Phi) is 4.90. The fourth-order valence-electron chi connectivity index (χ4n) is 2.61. The zero-order valence-electron chi connectivity index (χ0n) is 14.4. The molecule has 1 aromatic heterocycles. The third-order valence-electron chi connectivity index (χ3n) is 3.64. The number of rotatable bonds is 4. The lowest BCUT2D eigenvalue weighted by Gasteiger charge is -2.09. The maximum atomic E-state index is 12.4. The molecule has 0 saturated heterocycles. The van der Waals surface area contributed by atoms with Crippen LogP contribution in [0.2, 0.25) is 0 Å². The van der Waals surface area contributed by atoms with Crippen molar-refractivity contribution in [2.75, 3.05) is 10.6 Å². The van der Waals surface area contributed by atoms with E-state index in [1.54, 1.807) is 30.3 Å². The predicted molar refractivity (Wildman–Crippen MR) is 100 cm³/mol. The van der Waals surface area contributed by atoms with Gasteiger partial charge < -0.3 is 10.6 Å². The molecule has 0 spiro atoms. The number of aryl methyl sites for hydroxylation is 2. The quantitative estimate of drug-likeness (QED) is 0.748. The van der Waals surface area contributed by atoms with Crippen molar-refractivity contribution in [3.63, 3.8) is 0 Å². The van der Waals surface area contributed by atoms with Crippen LogP contribution in [0.5, 0.6) is 0 Å². The molecule has 0 radical (unpaired) electrons. The SMILES string of the molecule is Cc1cc(C)cc(Nc2cc(C(=O)Nc3cccc(C#N)c3)ncn2)c1. The Labute approximate surface area is 151 Å². The van der Waals surface area contributed by atoms with Gasteiger partial charge in [-0.3, -0.25) is 4.79 Å². The van der Waals surface area contributed by atoms with Crippen LogP contribution in [0.25, 0.3) is 0 Å². The molecule has 0 fully saturated rings. The van der Waals surface area contributed by atoms with E-state index in [2.05, 4.69) is 26.7 Å². The molecule has 0 bridgehead atoms. The molecule has 0 aliphatic heterocycles. The Balaban J connectivity index is 1.78. The van der Waals surface area contributed by atoms with Gasteiger partial charge in [0.05, 0.1) is 11.6 Å². The highest BCUT2D eigenvalue weighted by atomic mass is 16.1. The van der Waals surface area contributed by atoms with E-state index in [0.29, 0.717) is 17.1 Å². The van der Waals surface area contributed by atoms with Crippen molar-refractivity contribution in [1.29, 1.82) is 5.26 Å². The van der Waals surface area contributed by atoms with Crippen LogP contribution in [-0.2, 0) is 0 Å². The van der Waals surface area contributed by atoms with E-state index in [9.17, 15) is 4.79 Å². The van der Waals surface area contributed by atoms with E-state index in [1.165, 1.54) is 6.33 Å². The van der Waals surface area contributed by atoms with Crippen LogP contribution in [-0.4, -0.2) is 15.9 Å². The monoisotopic (exact) mass is 343 g/mol. The van der Waals surface area contributed by atoms with Crippen molar-refractivity contribution < 1.29 is 4.79 Å². The first-order valence-electron chi connectivity index (χ1n) is 8.02. The fourth-order valence-corrected chi connectivity index (χ4v) is 2.61. The van der Waals surface area contributed by atoms with Crippen LogP contribution < -0.4 is 10.6 Å². The number of benzene rings is 2. The maximum Gasteiger partial charge on any atom is 0.274 e. The van der Waals surface area contributed by atoms with Crippen LogP contribution in [0, 0.1) is 25.2 Å². The molecule has 0 atom stereocenters. The number of anilines is 3. The minimum Gasteiger partial charge on any atom is -0.340 e. The number of carbonyl (C=O) groups is 1. The summed E-state index contributed by atoms with van der Waals surface area (Å²) in [5, 5.41) is 14.9. The molecule has 1 amide bonds. The molecule has 0 aliphatic carbocycles. The van der Waals surface area contributed by atoms with Crippen molar-refractivity contribution in [3.8, 4) is 6.07 Å². The van der Waals surface area contributed by atoms with Crippen LogP contribution in [0.1, 0.15) is 27.2 Å². The fraction of sp³-hybridized carbons (Fsp3) is 0.100. The van der Waals surface area contributed by atoms with Gasteiger partial charge >= 0.3 is 0 Å². The number of carbonyl (C=O) groups excluding carboxylic acids is 1. The number of hydrogen-bond donors (Lipinski definition) is 2. The van der Waals surface area contributed by atoms with Crippen molar-refractivity contribution >= 4 is 23.1 Å². The first-order chi connectivity index (χ1) is 12.5. The Bertz CT molecular complexity index is 987. The lowest BCUT2D eigenvalue weighted by molar-refractivity contribution is 0.102. The van der Waals surface area contributed by atoms with Crippen molar-refractivity contribution in [2.24, 2.45) is 0 Å². The molecule has 6 nitrogen and oxygen atoms in total. The van der Waals surface area contributed by atoms with Gasteiger partial charge in [0.1, 0.15) is 17.8 Å². The lowest BCUT2D eigenvalue weighted by Crippen LogP contribution is -2.14. The summed E-state index contributed by atoms with van der Waals surface area (Å²) in [6.45, 7) is 4.04. The number of nitriles is 1. The zero-order valence-corrected chi connectivity index (χ0v) is 14.4. The first kappa shape index (κ1) is 17.1. The smallest absolute Gasteiger partial charge is 0.274 e. The highest BCUT2D eigenvalue weighted by Gasteiger charge is 2.10. The average molecular weight is 343 g/mol. The first-order valence-corrected chi connectivity index (χ1v) is 8.02. The summed E-state index contributed by atoms with van der Waals surface area (Å²) < 4.78 is 0. The van der Waals surface area contributed by atoms with Crippen LogP contribution in [0.15, 0.2) is 54.9 Å².